The molecule has 2 unspecified atom stereocenters. The van der Waals surface area contributed by atoms with Crippen LogP contribution in [0.4, 0.5) is 4.39 Å². The molecule has 2 N–H and O–H groups in total. The molecular weight excluding hydrogens is 515 g/mol. The molecule has 0 spiro atoms. The number of carboxylic acids is 2. The van der Waals surface area contributed by atoms with Gasteiger partial charge in [0.15, 0.2) is 0 Å². The summed E-state index contributed by atoms with van der Waals surface area (Å²) in [6.45, 7) is 3.90. The van der Waals surface area contributed by atoms with E-state index < -0.39 is 17.6 Å². The van der Waals surface area contributed by atoms with Gasteiger partial charge in [0.2, 0.25) is 0 Å². The number of carboxylic acid groups (broad SMARTS) is 2. The zero-order chi connectivity index (χ0) is 28.5. The van der Waals surface area contributed by atoms with Crippen LogP contribution in [-0.4, -0.2) is 79.6 Å². The van der Waals surface area contributed by atoms with Gasteiger partial charge in [0.05, 0.1) is 25.9 Å². The minimum absolute atomic E-state index is 0.135. The minimum atomic E-state index is -1.82. The number of aryl methyl sites for hydroxylation is 1. The molecule has 0 amide bonds. The van der Waals surface area contributed by atoms with Crippen molar-refractivity contribution in [2.24, 2.45) is 0 Å². The SMILES string of the molecule is COCCn1c(C)nc(=O)n(CCCN2C3CCC2CC(OCc2ccccc2F)C3)c1=O.O=C(O)C(=O)O. The van der Waals surface area contributed by atoms with Crippen LogP contribution in [0.1, 0.15) is 43.5 Å². The number of piperidine rings is 1. The van der Waals surface area contributed by atoms with Gasteiger partial charge in [0.25, 0.3) is 0 Å². The number of carbonyl (C=O) groups is 2. The summed E-state index contributed by atoms with van der Waals surface area (Å²) < 4.78 is 27.7. The maximum absolute atomic E-state index is 13.9. The van der Waals surface area contributed by atoms with Crippen molar-refractivity contribution in [3.63, 3.8) is 0 Å². The molecule has 0 aliphatic carbocycles. The van der Waals surface area contributed by atoms with E-state index in [1.54, 1.807) is 26.2 Å². The van der Waals surface area contributed by atoms with Crippen LogP contribution in [0, 0.1) is 12.7 Å². The highest BCUT2D eigenvalue weighted by Gasteiger charge is 2.40. The number of nitrogens with zero attached hydrogens (tertiary/aromatic N) is 4. The first kappa shape index (κ1) is 30.1. The van der Waals surface area contributed by atoms with Gasteiger partial charge < -0.3 is 19.7 Å². The summed E-state index contributed by atoms with van der Waals surface area (Å²) in [4.78, 5) is 49.8. The highest BCUT2D eigenvalue weighted by atomic mass is 19.1. The zero-order valence-electron chi connectivity index (χ0n) is 22.1. The van der Waals surface area contributed by atoms with Crippen LogP contribution in [0.5, 0.6) is 0 Å². The number of benzene rings is 1. The van der Waals surface area contributed by atoms with Gasteiger partial charge in [0, 0.05) is 37.8 Å². The fourth-order valence-corrected chi connectivity index (χ4v) is 5.22. The minimum Gasteiger partial charge on any atom is -0.473 e. The Hall–Kier alpha value is -3.42. The largest absolute Gasteiger partial charge is 0.473 e. The molecule has 2 saturated heterocycles. The Labute approximate surface area is 224 Å². The second-order valence-corrected chi connectivity index (χ2v) is 9.60. The molecule has 2 fully saturated rings. The lowest BCUT2D eigenvalue weighted by molar-refractivity contribution is -0.159. The van der Waals surface area contributed by atoms with Crippen molar-refractivity contribution >= 4 is 11.9 Å². The highest BCUT2D eigenvalue weighted by Crippen LogP contribution is 2.37. The number of rotatable bonds is 10. The van der Waals surface area contributed by atoms with E-state index in [1.165, 1.54) is 15.2 Å². The fraction of sp³-hybridized carbons (Fsp3) is 0.577. The first-order chi connectivity index (χ1) is 18.6. The predicted octanol–water partition coefficient (Wildman–Crippen LogP) is 1.26. The summed E-state index contributed by atoms with van der Waals surface area (Å²) >= 11 is 0. The molecule has 1 aromatic carbocycles. The Kier molecular flexibility index (Phi) is 10.9. The van der Waals surface area contributed by atoms with Gasteiger partial charge in [-0.25, -0.2) is 28.1 Å². The first-order valence-electron chi connectivity index (χ1n) is 12.9. The van der Waals surface area contributed by atoms with E-state index >= 15 is 0 Å². The van der Waals surface area contributed by atoms with Crippen molar-refractivity contribution in [2.45, 2.75) is 76.9 Å². The molecule has 4 rings (SSSR count). The Morgan fingerprint density at radius 1 is 1.03 bits per heavy atom. The molecule has 214 valence electrons. The Morgan fingerprint density at radius 2 is 1.67 bits per heavy atom. The third kappa shape index (κ3) is 8.04. The molecule has 2 aliphatic rings. The van der Waals surface area contributed by atoms with E-state index in [1.807, 2.05) is 6.07 Å². The van der Waals surface area contributed by atoms with Gasteiger partial charge in [0.1, 0.15) is 11.6 Å². The summed E-state index contributed by atoms with van der Waals surface area (Å²) in [6.07, 6.45) is 4.95. The lowest BCUT2D eigenvalue weighted by Gasteiger charge is -2.39. The third-order valence-corrected chi connectivity index (χ3v) is 7.11. The molecule has 13 heteroatoms. The molecule has 0 saturated carbocycles. The number of methoxy groups -OCH3 is 1. The van der Waals surface area contributed by atoms with E-state index in [2.05, 4.69) is 9.88 Å². The molecule has 39 heavy (non-hydrogen) atoms. The number of hydrogen-bond acceptors (Lipinski definition) is 8. The number of fused-ring (bicyclic) bond motifs is 2. The number of halogens is 1. The average Bonchev–Trinajstić information content (AvgIpc) is 3.12. The highest BCUT2D eigenvalue weighted by molar-refractivity contribution is 6.27. The molecule has 2 bridgehead atoms. The Balaban J connectivity index is 0.000000631. The molecule has 0 radical (unpaired) electrons. The molecular formula is C26H35FN4O8. The Morgan fingerprint density at radius 3 is 2.26 bits per heavy atom. The van der Waals surface area contributed by atoms with Crippen LogP contribution in [-0.2, 0) is 38.8 Å². The van der Waals surface area contributed by atoms with E-state index in [4.69, 9.17) is 29.3 Å². The van der Waals surface area contributed by atoms with Gasteiger partial charge in [-0.3, -0.25) is 9.47 Å². The molecule has 3 heterocycles. The fourth-order valence-electron chi connectivity index (χ4n) is 5.22. The van der Waals surface area contributed by atoms with Crippen LogP contribution in [0.15, 0.2) is 33.9 Å². The molecule has 2 atom stereocenters. The maximum atomic E-state index is 13.9. The van der Waals surface area contributed by atoms with Crippen LogP contribution in [0.3, 0.4) is 0 Å². The molecule has 1 aromatic heterocycles. The van der Waals surface area contributed by atoms with Gasteiger partial charge in [-0.15, -0.1) is 0 Å². The standard InChI is InChI=1S/C24H33FN4O4.C2H2O4/c1-17-26-23(30)29(24(31)27(17)12-13-32-2)11-5-10-28-19-8-9-20(28)15-21(14-19)33-16-18-6-3-4-7-22(18)25;3-1(4)2(5)6/h3-4,6-7,19-21H,5,8-16H2,1-2H3;(H,3,4)(H,5,6). The van der Waals surface area contributed by atoms with Crippen LogP contribution >= 0.6 is 0 Å². The van der Waals surface area contributed by atoms with Crippen LogP contribution < -0.4 is 11.4 Å². The van der Waals surface area contributed by atoms with Gasteiger partial charge in [-0.05, 0) is 45.1 Å². The Bertz CT molecular complexity index is 1240. The quantitative estimate of drug-likeness (QED) is 0.413. The number of hydrogen-bond donors (Lipinski definition) is 2. The topological polar surface area (TPSA) is 153 Å². The average molecular weight is 551 g/mol. The van der Waals surface area contributed by atoms with E-state index in [0.717, 1.165) is 32.2 Å². The second-order valence-electron chi connectivity index (χ2n) is 9.60. The summed E-state index contributed by atoms with van der Waals surface area (Å²) in [5, 5.41) is 14.8. The van der Waals surface area contributed by atoms with E-state index in [9.17, 15) is 14.0 Å². The number of aromatic nitrogens is 3. The van der Waals surface area contributed by atoms with Crippen molar-refractivity contribution in [1.82, 2.24) is 19.0 Å². The summed E-state index contributed by atoms with van der Waals surface area (Å²) in [6, 6.07) is 7.61. The van der Waals surface area contributed by atoms with Crippen molar-refractivity contribution in [3.05, 3.63) is 62.4 Å². The number of aliphatic carboxylic acids is 2. The van der Waals surface area contributed by atoms with Crippen molar-refractivity contribution in [3.8, 4) is 0 Å². The second kappa shape index (κ2) is 14.1. The predicted molar refractivity (Wildman–Crippen MR) is 137 cm³/mol. The zero-order valence-corrected chi connectivity index (χ0v) is 22.1. The van der Waals surface area contributed by atoms with Gasteiger partial charge >= 0.3 is 23.3 Å². The third-order valence-electron chi connectivity index (χ3n) is 7.11. The van der Waals surface area contributed by atoms with Crippen molar-refractivity contribution < 1.29 is 33.7 Å². The molecule has 12 nitrogen and oxygen atoms in total. The maximum Gasteiger partial charge on any atom is 0.414 e. The van der Waals surface area contributed by atoms with Crippen LogP contribution in [0.2, 0.25) is 0 Å². The van der Waals surface area contributed by atoms with Crippen molar-refractivity contribution in [1.29, 1.82) is 0 Å². The van der Waals surface area contributed by atoms with E-state index in [-0.39, 0.29) is 17.6 Å². The molecule has 2 aromatic rings. The summed E-state index contributed by atoms with van der Waals surface area (Å²) in [5.74, 6) is -3.46. The van der Waals surface area contributed by atoms with Gasteiger partial charge in [-0.2, -0.15) is 4.98 Å². The summed E-state index contributed by atoms with van der Waals surface area (Å²) in [5.41, 5.74) is -0.220. The summed E-state index contributed by atoms with van der Waals surface area (Å²) in [7, 11) is 1.58. The van der Waals surface area contributed by atoms with Crippen molar-refractivity contribution in [2.75, 3.05) is 20.3 Å². The lowest BCUT2D eigenvalue weighted by Crippen LogP contribution is -2.47. The normalized spacial score (nSPS) is 20.3. The first-order valence-corrected chi connectivity index (χ1v) is 12.9. The van der Waals surface area contributed by atoms with E-state index in [0.29, 0.717) is 56.2 Å². The lowest BCUT2D eigenvalue weighted by atomic mass is 9.99. The number of ether oxygens (including phenoxy) is 2. The molecule has 2 aliphatic heterocycles. The monoisotopic (exact) mass is 550 g/mol. The van der Waals surface area contributed by atoms with Gasteiger partial charge in [-0.1, -0.05) is 18.2 Å². The van der Waals surface area contributed by atoms with Crippen LogP contribution in [0.25, 0.3) is 0 Å². The smallest absolute Gasteiger partial charge is 0.414 e.